The second-order valence-corrected chi connectivity index (χ2v) is 12.4. The molecule has 0 bridgehead atoms. The van der Waals surface area contributed by atoms with Crippen molar-refractivity contribution in [3.63, 3.8) is 0 Å². The van der Waals surface area contributed by atoms with E-state index in [4.69, 9.17) is 11.6 Å². The second-order valence-electron chi connectivity index (χ2n) is 10.1. The topological polar surface area (TPSA) is 86.8 Å². The van der Waals surface area contributed by atoms with E-state index in [0.29, 0.717) is 16.3 Å². The molecule has 1 N–H and O–H groups in total. The Bertz CT molecular complexity index is 1630. The molecule has 4 aromatic carbocycles. The molecule has 1 unspecified atom stereocenters. The maximum atomic E-state index is 14.3. The lowest BCUT2D eigenvalue weighted by Crippen LogP contribution is -2.53. The van der Waals surface area contributed by atoms with Gasteiger partial charge in [0.2, 0.25) is 11.8 Å². The molecule has 9 heteroatoms. The number of halogens is 1. The number of anilines is 1. The average Bonchev–Trinajstić information content (AvgIpc) is 2.98. The third-order valence-electron chi connectivity index (χ3n) is 6.92. The Labute approximate surface area is 252 Å². The molecule has 0 aliphatic rings. The second kappa shape index (κ2) is 13.7. The van der Waals surface area contributed by atoms with Crippen LogP contribution in [0.3, 0.4) is 0 Å². The van der Waals surface area contributed by atoms with Gasteiger partial charge in [-0.2, -0.15) is 0 Å². The summed E-state index contributed by atoms with van der Waals surface area (Å²) in [6.45, 7) is 3.23. The number of sulfonamides is 1. The summed E-state index contributed by atoms with van der Waals surface area (Å²) in [5.41, 5.74) is 3.56. The molecule has 1 atom stereocenters. The van der Waals surface area contributed by atoms with Crippen molar-refractivity contribution in [2.45, 2.75) is 37.8 Å². The predicted octanol–water partition coefficient (Wildman–Crippen LogP) is 5.54. The zero-order valence-electron chi connectivity index (χ0n) is 23.8. The first-order chi connectivity index (χ1) is 20.1. The molecule has 42 heavy (non-hydrogen) atoms. The molecule has 0 heterocycles. The van der Waals surface area contributed by atoms with Crippen LogP contribution in [0.2, 0.25) is 5.02 Å². The van der Waals surface area contributed by atoms with Crippen molar-refractivity contribution in [1.82, 2.24) is 10.2 Å². The van der Waals surface area contributed by atoms with Crippen molar-refractivity contribution in [2.24, 2.45) is 0 Å². The minimum absolute atomic E-state index is 0.00942. The molecule has 0 saturated heterocycles. The van der Waals surface area contributed by atoms with Crippen molar-refractivity contribution >= 4 is 39.1 Å². The van der Waals surface area contributed by atoms with Gasteiger partial charge in [0.05, 0.1) is 10.6 Å². The highest BCUT2D eigenvalue weighted by atomic mass is 35.5. The molecular weight excluding hydrogens is 570 g/mol. The van der Waals surface area contributed by atoms with E-state index in [-0.39, 0.29) is 23.8 Å². The highest BCUT2D eigenvalue weighted by Gasteiger charge is 2.34. The number of nitrogens with one attached hydrogen (secondary N) is 1. The van der Waals surface area contributed by atoms with E-state index < -0.39 is 28.5 Å². The Morgan fingerprint density at radius 2 is 1.40 bits per heavy atom. The van der Waals surface area contributed by atoms with Crippen LogP contribution in [-0.2, 0) is 32.6 Å². The van der Waals surface area contributed by atoms with Crippen LogP contribution in [0, 0.1) is 13.8 Å². The average molecular weight is 604 g/mol. The lowest BCUT2D eigenvalue weighted by Gasteiger charge is -2.34. The fourth-order valence-corrected chi connectivity index (χ4v) is 6.49. The number of carbonyl (C=O) groups is 2. The Balaban J connectivity index is 1.81. The summed E-state index contributed by atoms with van der Waals surface area (Å²) in [4.78, 5) is 29.1. The molecule has 0 fully saturated rings. The monoisotopic (exact) mass is 603 g/mol. The molecular formula is C33H34ClN3O4S. The number of hydrogen-bond acceptors (Lipinski definition) is 4. The molecule has 7 nitrogen and oxygen atoms in total. The molecule has 2 amide bonds. The van der Waals surface area contributed by atoms with Crippen LogP contribution in [-0.4, -0.2) is 44.8 Å². The standard InChI is InChI=1S/C33H34ClN3O4S/c1-24-18-25(2)20-28(19-24)37(42(40,41)29-15-8-5-9-16-29)23-32(38)36(22-27-14-10-11-17-30(27)34)31(33(39)35-3)21-26-12-6-4-7-13-26/h4-20,31H,21-23H2,1-3H3,(H,35,39). The van der Waals surface area contributed by atoms with E-state index in [2.05, 4.69) is 5.32 Å². The number of likely N-dealkylation sites (N-methyl/N-ethyl adjacent to an activating group) is 1. The Kier molecular flexibility index (Phi) is 10.0. The van der Waals surface area contributed by atoms with E-state index in [1.807, 2.05) is 50.2 Å². The van der Waals surface area contributed by atoms with Crippen molar-refractivity contribution < 1.29 is 18.0 Å². The number of nitrogens with zero attached hydrogens (tertiary/aromatic N) is 2. The molecule has 218 valence electrons. The van der Waals surface area contributed by atoms with Crippen molar-refractivity contribution in [3.05, 3.63) is 130 Å². The van der Waals surface area contributed by atoms with Crippen LogP contribution in [0.15, 0.2) is 108 Å². The third-order valence-corrected chi connectivity index (χ3v) is 9.08. The van der Waals surface area contributed by atoms with Crippen LogP contribution in [0.1, 0.15) is 22.3 Å². The molecule has 4 rings (SSSR count). The lowest BCUT2D eigenvalue weighted by atomic mass is 10.0. The van der Waals surface area contributed by atoms with Crippen molar-refractivity contribution in [1.29, 1.82) is 0 Å². The van der Waals surface area contributed by atoms with E-state index in [9.17, 15) is 18.0 Å². The highest BCUT2D eigenvalue weighted by molar-refractivity contribution is 7.92. The molecule has 0 radical (unpaired) electrons. The Hall–Kier alpha value is -4.14. The number of rotatable bonds is 11. The van der Waals surface area contributed by atoms with E-state index in [0.717, 1.165) is 21.0 Å². The first-order valence-electron chi connectivity index (χ1n) is 13.5. The zero-order chi connectivity index (χ0) is 30.3. The fraction of sp³-hybridized carbons (Fsp3) is 0.212. The van der Waals surface area contributed by atoms with Gasteiger partial charge in [0.1, 0.15) is 12.6 Å². The normalized spacial score (nSPS) is 11.9. The van der Waals surface area contributed by atoms with Crippen molar-refractivity contribution in [2.75, 3.05) is 17.9 Å². The third kappa shape index (κ3) is 7.38. The van der Waals surface area contributed by atoms with Gasteiger partial charge in [-0.1, -0.05) is 84.4 Å². The predicted molar refractivity (Wildman–Crippen MR) is 167 cm³/mol. The number of aryl methyl sites for hydroxylation is 2. The zero-order valence-corrected chi connectivity index (χ0v) is 25.4. The van der Waals surface area contributed by atoms with Gasteiger partial charge in [-0.05, 0) is 66.4 Å². The van der Waals surface area contributed by atoms with Gasteiger partial charge in [-0.25, -0.2) is 8.42 Å². The number of benzene rings is 4. The van der Waals surface area contributed by atoms with Gasteiger partial charge >= 0.3 is 0 Å². The fourth-order valence-electron chi connectivity index (χ4n) is 4.87. The Morgan fingerprint density at radius 1 is 0.833 bits per heavy atom. The van der Waals surface area contributed by atoms with Crippen LogP contribution in [0.4, 0.5) is 5.69 Å². The lowest BCUT2D eigenvalue weighted by molar-refractivity contribution is -0.139. The minimum atomic E-state index is -4.15. The quantitative estimate of drug-likeness (QED) is 0.244. The van der Waals surface area contributed by atoms with E-state index in [1.165, 1.54) is 24.1 Å². The minimum Gasteiger partial charge on any atom is -0.357 e. The number of hydrogen-bond donors (Lipinski definition) is 1. The SMILES string of the molecule is CNC(=O)C(Cc1ccccc1)N(Cc1ccccc1Cl)C(=O)CN(c1cc(C)cc(C)c1)S(=O)(=O)c1ccccc1. The first-order valence-corrected chi connectivity index (χ1v) is 15.4. The maximum absolute atomic E-state index is 14.3. The molecule has 4 aromatic rings. The van der Waals surface area contributed by atoms with Gasteiger partial charge in [-0.15, -0.1) is 0 Å². The molecule has 0 aliphatic carbocycles. The van der Waals surface area contributed by atoms with E-state index >= 15 is 0 Å². The van der Waals surface area contributed by atoms with Crippen LogP contribution in [0.5, 0.6) is 0 Å². The van der Waals surface area contributed by atoms with E-state index in [1.54, 1.807) is 54.6 Å². The Morgan fingerprint density at radius 3 is 2.00 bits per heavy atom. The van der Waals surface area contributed by atoms with Gasteiger partial charge in [0.25, 0.3) is 10.0 Å². The number of carbonyl (C=O) groups excluding carboxylic acids is 2. The van der Waals surface area contributed by atoms with Crippen LogP contribution < -0.4 is 9.62 Å². The summed E-state index contributed by atoms with van der Waals surface area (Å²) < 4.78 is 29.2. The highest BCUT2D eigenvalue weighted by Crippen LogP contribution is 2.27. The summed E-state index contributed by atoms with van der Waals surface area (Å²) in [6, 6.07) is 28.9. The van der Waals surface area contributed by atoms with Crippen LogP contribution >= 0.6 is 11.6 Å². The largest absolute Gasteiger partial charge is 0.357 e. The summed E-state index contributed by atoms with van der Waals surface area (Å²) >= 11 is 6.50. The summed E-state index contributed by atoms with van der Waals surface area (Å²) in [6.07, 6.45) is 0.228. The summed E-state index contributed by atoms with van der Waals surface area (Å²) in [5.74, 6) is -0.916. The molecule has 0 aliphatic heterocycles. The summed E-state index contributed by atoms with van der Waals surface area (Å²) in [5, 5.41) is 3.12. The molecule has 0 saturated carbocycles. The van der Waals surface area contributed by atoms with Crippen molar-refractivity contribution in [3.8, 4) is 0 Å². The smallest absolute Gasteiger partial charge is 0.264 e. The van der Waals surface area contributed by atoms with Gasteiger partial charge in [0.15, 0.2) is 0 Å². The first kappa shape index (κ1) is 30.8. The van der Waals surface area contributed by atoms with Gasteiger partial charge < -0.3 is 10.2 Å². The van der Waals surface area contributed by atoms with Gasteiger partial charge in [-0.3, -0.25) is 13.9 Å². The molecule has 0 spiro atoms. The number of amides is 2. The summed E-state index contributed by atoms with van der Waals surface area (Å²) in [7, 11) is -2.63. The van der Waals surface area contributed by atoms with Gasteiger partial charge in [0, 0.05) is 25.0 Å². The maximum Gasteiger partial charge on any atom is 0.264 e. The molecule has 0 aromatic heterocycles. The van der Waals surface area contributed by atoms with Crippen LogP contribution in [0.25, 0.3) is 0 Å².